The first-order valence-electron chi connectivity index (χ1n) is 10.4. The zero-order chi connectivity index (χ0) is 20.6. The molecule has 0 spiro atoms. The van der Waals surface area contributed by atoms with Crippen LogP contribution in [0.4, 0.5) is 0 Å². The monoisotopic (exact) mass is 415 g/mol. The number of hydrogen-bond donors (Lipinski definition) is 1. The first-order chi connectivity index (χ1) is 14.1. The van der Waals surface area contributed by atoms with Crippen LogP contribution in [0.15, 0.2) is 29.6 Å². The predicted octanol–water partition coefficient (Wildman–Crippen LogP) is 3.98. The molecule has 1 aromatic carbocycles. The normalized spacial score (nSPS) is 16.5. The van der Waals surface area contributed by atoms with Crippen molar-refractivity contribution in [2.75, 3.05) is 26.2 Å². The van der Waals surface area contributed by atoms with E-state index in [2.05, 4.69) is 17.2 Å². The van der Waals surface area contributed by atoms with E-state index in [0.717, 1.165) is 42.0 Å². The van der Waals surface area contributed by atoms with Crippen LogP contribution in [0.5, 0.6) is 5.75 Å². The van der Waals surface area contributed by atoms with Crippen molar-refractivity contribution in [2.24, 2.45) is 5.92 Å². The Kier molecular flexibility index (Phi) is 7.63. The number of amides is 2. The van der Waals surface area contributed by atoms with Crippen LogP contribution in [-0.2, 0) is 4.79 Å². The smallest absolute Gasteiger partial charge is 0.273 e. The molecule has 156 valence electrons. The van der Waals surface area contributed by atoms with Crippen LogP contribution in [0.1, 0.15) is 50.0 Å². The molecular formula is C22H29N3O3S. The van der Waals surface area contributed by atoms with Crippen LogP contribution in [-0.4, -0.2) is 47.9 Å². The Bertz CT molecular complexity index is 819. The van der Waals surface area contributed by atoms with Gasteiger partial charge in [-0.05, 0) is 50.5 Å². The number of piperidine rings is 1. The van der Waals surface area contributed by atoms with Crippen LogP contribution in [0.25, 0.3) is 10.6 Å². The molecule has 3 rings (SSSR count). The molecule has 29 heavy (non-hydrogen) atoms. The van der Waals surface area contributed by atoms with E-state index >= 15 is 0 Å². The molecular weight excluding hydrogens is 386 g/mol. The molecule has 0 bridgehead atoms. The SMILES string of the molecule is CCCCNC(=O)C1CCCN(C(=O)c2csc(-c3ccc(OCC)cc3)n2)C1. The molecule has 1 aromatic heterocycles. The molecule has 1 N–H and O–H groups in total. The third-order valence-electron chi connectivity index (χ3n) is 5.04. The highest BCUT2D eigenvalue weighted by Gasteiger charge is 2.29. The zero-order valence-corrected chi connectivity index (χ0v) is 18.0. The van der Waals surface area contributed by atoms with Crippen molar-refractivity contribution in [3.05, 3.63) is 35.3 Å². The van der Waals surface area contributed by atoms with Crippen LogP contribution >= 0.6 is 11.3 Å². The number of carbonyl (C=O) groups is 2. The number of thiazole rings is 1. The average molecular weight is 416 g/mol. The van der Waals surface area contributed by atoms with Gasteiger partial charge in [0.1, 0.15) is 16.5 Å². The standard InChI is InChI=1S/C22H29N3O3S/c1-3-5-12-23-20(26)17-7-6-13-25(14-17)22(27)19-15-29-21(24-19)16-8-10-18(11-9-16)28-4-2/h8-11,15,17H,3-7,12-14H2,1-2H3,(H,23,26). The summed E-state index contributed by atoms with van der Waals surface area (Å²) in [6.45, 7) is 6.52. The number of rotatable bonds is 8. The van der Waals surface area contributed by atoms with Gasteiger partial charge >= 0.3 is 0 Å². The van der Waals surface area contributed by atoms with Gasteiger partial charge in [-0.1, -0.05) is 13.3 Å². The first-order valence-corrected chi connectivity index (χ1v) is 11.3. The van der Waals surface area contributed by atoms with E-state index in [9.17, 15) is 9.59 Å². The van der Waals surface area contributed by atoms with Crippen LogP contribution in [0, 0.1) is 5.92 Å². The first kappa shape index (κ1) is 21.3. The Balaban J connectivity index is 1.62. The average Bonchev–Trinajstić information content (AvgIpc) is 3.24. The van der Waals surface area contributed by atoms with Gasteiger partial charge in [0, 0.05) is 30.6 Å². The third-order valence-corrected chi connectivity index (χ3v) is 5.94. The van der Waals surface area contributed by atoms with E-state index in [1.165, 1.54) is 11.3 Å². The molecule has 1 atom stereocenters. The number of likely N-dealkylation sites (tertiary alicyclic amines) is 1. The second kappa shape index (κ2) is 10.4. The van der Waals surface area contributed by atoms with Crippen molar-refractivity contribution in [2.45, 2.75) is 39.5 Å². The number of nitrogens with zero attached hydrogens (tertiary/aromatic N) is 2. The molecule has 1 fully saturated rings. The summed E-state index contributed by atoms with van der Waals surface area (Å²) in [4.78, 5) is 31.6. The third kappa shape index (κ3) is 5.56. The van der Waals surface area contributed by atoms with E-state index in [4.69, 9.17) is 4.74 Å². The van der Waals surface area contributed by atoms with Gasteiger partial charge in [0.05, 0.1) is 12.5 Å². The number of hydrogen-bond acceptors (Lipinski definition) is 5. The fraction of sp³-hybridized carbons (Fsp3) is 0.500. The lowest BCUT2D eigenvalue weighted by Gasteiger charge is -2.31. The lowest BCUT2D eigenvalue weighted by molar-refractivity contribution is -0.126. The fourth-order valence-electron chi connectivity index (χ4n) is 3.44. The Hall–Kier alpha value is -2.41. The Morgan fingerprint density at radius 2 is 2.07 bits per heavy atom. The number of benzene rings is 1. The minimum atomic E-state index is -0.131. The molecule has 6 nitrogen and oxygen atoms in total. The lowest BCUT2D eigenvalue weighted by Crippen LogP contribution is -2.45. The fourth-order valence-corrected chi connectivity index (χ4v) is 4.24. The molecule has 1 aliphatic rings. The Morgan fingerprint density at radius 3 is 2.79 bits per heavy atom. The van der Waals surface area contributed by atoms with Gasteiger partial charge in [0.25, 0.3) is 5.91 Å². The van der Waals surface area contributed by atoms with Gasteiger partial charge in [-0.25, -0.2) is 4.98 Å². The molecule has 2 heterocycles. The van der Waals surface area contributed by atoms with Gasteiger partial charge < -0.3 is 15.0 Å². The number of carbonyl (C=O) groups excluding carboxylic acids is 2. The Morgan fingerprint density at radius 1 is 1.28 bits per heavy atom. The van der Waals surface area contributed by atoms with Crippen molar-refractivity contribution < 1.29 is 14.3 Å². The molecule has 7 heteroatoms. The highest BCUT2D eigenvalue weighted by molar-refractivity contribution is 7.13. The minimum Gasteiger partial charge on any atom is -0.494 e. The van der Waals surface area contributed by atoms with Gasteiger partial charge in [-0.2, -0.15) is 0 Å². The van der Waals surface area contributed by atoms with Crippen LogP contribution in [0.3, 0.4) is 0 Å². The summed E-state index contributed by atoms with van der Waals surface area (Å²) in [6, 6.07) is 7.73. The highest BCUT2D eigenvalue weighted by atomic mass is 32.1. The van der Waals surface area contributed by atoms with Crippen molar-refractivity contribution in [3.8, 4) is 16.3 Å². The highest BCUT2D eigenvalue weighted by Crippen LogP contribution is 2.27. The Labute approximate surface area is 176 Å². The maximum atomic E-state index is 12.9. The lowest BCUT2D eigenvalue weighted by atomic mass is 9.97. The van der Waals surface area contributed by atoms with Gasteiger partial charge in [0.15, 0.2) is 0 Å². The van der Waals surface area contributed by atoms with E-state index in [1.807, 2.05) is 31.2 Å². The zero-order valence-electron chi connectivity index (χ0n) is 17.1. The van der Waals surface area contributed by atoms with Gasteiger partial charge in [0.2, 0.25) is 5.91 Å². The molecule has 0 aliphatic carbocycles. The number of unbranched alkanes of at least 4 members (excludes halogenated alkanes) is 1. The van der Waals surface area contributed by atoms with Gasteiger partial charge in [-0.3, -0.25) is 9.59 Å². The molecule has 0 radical (unpaired) electrons. The number of ether oxygens (including phenoxy) is 1. The van der Waals surface area contributed by atoms with E-state index < -0.39 is 0 Å². The predicted molar refractivity (Wildman–Crippen MR) is 115 cm³/mol. The molecule has 1 unspecified atom stereocenters. The minimum absolute atomic E-state index is 0.0595. The van der Waals surface area contributed by atoms with E-state index in [1.54, 1.807) is 10.3 Å². The summed E-state index contributed by atoms with van der Waals surface area (Å²) >= 11 is 1.46. The van der Waals surface area contributed by atoms with Gasteiger partial charge in [-0.15, -0.1) is 11.3 Å². The van der Waals surface area contributed by atoms with Crippen LogP contribution < -0.4 is 10.1 Å². The second-order valence-electron chi connectivity index (χ2n) is 7.23. The number of aromatic nitrogens is 1. The summed E-state index contributed by atoms with van der Waals surface area (Å²) in [6.07, 6.45) is 3.70. The summed E-state index contributed by atoms with van der Waals surface area (Å²) < 4.78 is 5.47. The number of nitrogens with one attached hydrogen (secondary N) is 1. The molecule has 1 aliphatic heterocycles. The summed E-state index contributed by atoms with van der Waals surface area (Å²) in [7, 11) is 0. The quantitative estimate of drug-likeness (QED) is 0.662. The van der Waals surface area contributed by atoms with Crippen molar-refractivity contribution in [1.82, 2.24) is 15.2 Å². The largest absolute Gasteiger partial charge is 0.494 e. The molecule has 2 aromatic rings. The summed E-state index contributed by atoms with van der Waals surface area (Å²) in [5.41, 5.74) is 1.41. The van der Waals surface area contributed by atoms with E-state index in [0.29, 0.717) is 31.9 Å². The second-order valence-corrected chi connectivity index (χ2v) is 8.09. The van der Waals surface area contributed by atoms with Crippen LogP contribution in [0.2, 0.25) is 0 Å². The maximum Gasteiger partial charge on any atom is 0.273 e. The summed E-state index contributed by atoms with van der Waals surface area (Å²) in [5.74, 6) is 0.656. The van der Waals surface area contributed by atoms with Crippen molar-refractivity contribution in [1.29, 1.82) is 0 Å². The summed E-state index contributed by atoms with van der Waals surface area (Å²) in [5, 5.41) is 5.60. The topological polar surface area (TPSA) is 71.5 Å². The van der Waals surface area contributed by atoms with Crippen molar-refractivity contribution in [3.63, 3.8) is 0 Å². The maximum absolute atomic E-state index is 12.9. The molecule has 0 saturated carbocycles. The molecule has 1 saturated heterocycles. The van der Waals surface area contributed by atoms with E-state index in [-0.39, 0.29) is 17.7 Å². The van der Waals surface area contributed by atoms with Crippen molar-refractivity contribution >= 4 is 23.2 Å². The molecule has 2 amide bonds.